The van der Waals surface area contributed by atoms with E-state index >= 15 is 0 Å². The van der Waals surface area contributed by atoms with E-state index in [0.29, 0.717) is 11.5 Å². The molecule has 2 aromatic carbocycles. The van der Waals surface area contributed by atoms with Crippen molar-refractivity contribution in [2.24, 2.45) is 0 Å². The first-order chi connectivity index (χ1) is 16.4. The summed E-state index contributed by atoms with van der Waals surface area (Å²) in [6.45, 7) is 0.0637. The number of rotatable bonds is 7. The SMILES string of the molecule is CN(C)c1nc(N[C@H]2CC[C@@H](NC(=O)OCc3ccc([N+](=O)[O-])cc3)CC2)nc2ccccc12. The Kier molecular flexibility index (Phi) is 7.05. The van der Waals surface area contributed by atoms with Crippen LogP contribution in [0.3, 0.4) is 0 Å². The van der Waals surface area contributed by atoms with Crippen LogP contribution in [-0.4, -0.2) is 47.2 Å². The van der Waals surface area contributed by atoms with E-state index in [-0.39, 0.29) is 24.4 Å². The smallest absolute Gasteiger partial charge is 0.407 e. The minimum atomic E-state index is -0.483. The Balaban J connectivity index is 1.26. The molecule has 1 fully saturated rings. The van der Waals surface area contributed by atoms with E-state index in [0.717, 1.165) is 42.4 Å². The number of ether oxygens (including phenoxy) is 1. The highest BCUT2D eigenvalue weighted by molar-refractivity contribution is 5.90. The lowest BCUT2D eigenvalue weighted by atomic mass is 9.91. The number of fused-ring (bicyclic) bond motifs is 1. The van der Waals surface area contributed by atoms with Crippen molar-refractivity contribution in [2.45, 2.75) is 44.4 Å². The van der Waals surface area contributed by atoms with Crippen LogP contribution < -0.4 is 15.5 Å². The Morgan fingerprint density at radius 2 is 1.74 bits per heavy atom. The summed E-state index contributed by atoms with van der Waals surface area (Å²) < 4.78 is 5.27. The highest BCUT2D eigenvalue weighted by Crippen LogP contribution is 2.26. The van der Waals surface area contributed by atoms with Crippen LogP contribution >= 0.6 is 0 Å². The standard InChI is InChI=1S/C24H28N6O4/c1-29(2)22-20-5-3-4-6-21(20)27-23(28-22)25-17-9-11-18(12-10-17)26-24(31)34-15-16-7-13-19(14-8-16)30(32)33/h3-8,13-14,17-18H,9-12,15H2,1-2H3,(H,26,31)(H,25,27,28)/t17-,18+. The van der Waals surface area contributed by atoms with Gasteiger partial charge in [-0.25, -0.2) is 9.78 Å². The zero-order valence-corrected chi connectivity index (χ0v) is 19.2. The maximum Gasteiger partial charge on any atom is 0.407 e. The number of nitro groups is 1. The second-order valence-corrected chi connectivity index (χ2v) is 8.62. The van der Waals surface area contributed by atoms with Crippen LogP contribution in [0.25, 0.3) is 10.9 Å². The van der Waals surface area contributed by atoms with Gasteiger partial charge in [-0.1, -0.05) is 12.1 Å². The monoisotopic (exact) mass is 464 g/mol. The van der Waals surface area contributed by atoms with Gasteiger partial charge in [0.1, 0.15) is 12.4 Å². The van der Waals surface area contributed by atoms with E-state index in [9.17, 15) is 14.9 Å². The van der Waals surface area contributed by atoms with Crippen molar-refractivity contribution in [1.29, 1.82) is 0 Å². The number of hydrogen-bond donors (Lipinski definition) is 2. The maximum atomic E-state index is 12.2. The van der Waals surface area contributed by atoms with Gasteiger partial charge >= 0.3 is 6.09 Å². The van der Waals surface area contributed by atoms with Crippen molar-refractivity contribution in [1.82, 2.24) is 15.3 Å². The Labute approximate surface area is 197 Å². The molecule has 1 aliphatic carbocycles. The van der Waals surface area contributed by atoms with Crippen molar-refractivity contribution < 1.29 is 14.5 Å². The van der Waals surface area contributed by atoms with Crippen LogP contribution in [0.5, 0.6) is 0 Å². The lowest BCUT2D eigenvalue weighted by molar-refractivity contribution is -0.384. The number of alkyl carbamates (subject to hydrolysis) is 1. The Morgan fingerprint density at radius 1 is 1.06 bits per heavy atom. The molecule has 0 unspecified atom stereocenters. The van der Waals surface area contributed by atoms with E-state index < -0.39 is 11.0 Å². The number of carbonyl (C=O) groups excluding carboxylic acids is 1. The van der Waals surface area contributed by atoms with E-state index in [4.69, 9.17) is 9.72 Å². The topological polar surface area (TPSA) is 123 Å². The van der Waals surface area contributed by atoms with Crippen molar-refractivity contribution in [2.75, 3.05) is 24.3 Å². The van der Waals surface area contributed by atoms with Crippen LogP contribution in [0.1, 0.15) is 31.2 Å². The predicted molar refractivity (Wildman–Crippen MR) is 130 cm³/mol. The third kappa shape index (κ3) is 5.69. The molecule has 10 nitrogen and oxygen atoms in total. The molecule has 10 heteroatoms. The van der Waals surface area contributed by atoms with Crippen molar-refractivity contribution >= 4 is 34.4 Å². The number of aromatic nitrogens is 2. The van der Waals surface area contributed by atoms with Gasteiger partial charge in [0.05, 0.1) is 10.4 Å². The molecule has 0 bridgehead atoms. The summed E-state index contributed by atoms with van der Waals surface area (Å²) in [5.41, 5.74) is 1.60. The Bertz CT molecular complexity index is 1160. The Morgan fingerprint density at radius 3 is 2.41 bits per heavy atom. The van der Waals surface area contributed by atoms with Gasteiger partial charge < -0.3 is 20.3 Å². The molecular weight excluding hydrogens is 436 g/mol. The van der Waals surface area contributed by atoms with Crippen LogP contribution in [0.4, 0.5) is 22.2 Å². The van der Waals surface area contributed by atoms with E-state index in [1.807, 2.05) is 43.3 Å². The number of para-hydroxylation sites is 1. The van der Waals surface area contributed by atoms with Crippen LogP contribution in [0.15, 0.2) is 48.5 Å². The molecule has 178 valence electrons. The van der Waals surface area contributed by atoms with E-state index in [1.165, 1.54) is 12.1 Å². The fourth-order valence-corrected chi connectivity index (χ4v) is 4.10. The third-order valence-corrected chi connectivity index (χ3v) is 5.91. The summed E-state index contributed by atoms with van der Waals surface area (Å²) in [7, 11) is 3.94. The molecule has 1 heterocycles. The molecule has 1 amide bonds. The number of nitrogens with zero attached hydrogens (tertiary/aromatic N) is 4. The summed E-state index contributed by atoms with van der Waals surface area (Å²) in [5, 5.41) is 18.1. The zero-order chi connectivity index (χ0) is 24.1. The molecule has 1 saturated carbocycles. The summed E-state index contributed by atoms with van der Waals surface area (Å²) in [5.74, 6) is 1.49. The lowest BCUT2D eigenvalue weighted by Gasteiger charge is -2.29. The minimum Gasteiger partial charge on any atom is -0.445 e. The number of benzene rings is 2. The fraction of sp³-hybridized carbons (Fsp3) is 0.375. The molecule has 0 spiro atoms. The van der Waals surface area contributed by atoms with Crippen molar-refractivity contribution in [3.63, 3.8) is 0 Å². The molecule has 1 aromatic heterocycles. The Hall–Kier alpha value is -3.95. The number of nitrogens with one attached hydrogen (secondary N) is 2. The van der Waals surface area contributed by atoms with Crippen LogP contribution in [0, 0.1) is 10.1 Å². The zero-order valence-electron chi connectivity index (χ0n) is 19.2. The van der Waals surface area contributed by atoms with Crippen LogP contribution in [0.2, 0.25) is 0 Å². The minimum absolute atomic E-state index is 0.00518. The van der Waals surface area contributed by atoms with Gasteiger partial charge in [0.15, 0.2) is 0 Å². The number of non-ortho nitro benzene ring substituents is 1. The first-order valence-electron chi connectivity index (χ1n) is 11.3. The normalized spacial score (nSPS) is 17.7. The average molecular weight is 465 g/mol. The molecule has 2 N–H and O–H groups in total. The average Bonchev–Trinajstić information content (AvgIpc) is 2.83. The fourth-order valence-electron chi connectivity index (χ4n) is 4.10. The first-order valence-corrected chi connectivity index (χ1v) is 11.3. The molecule has 0 atom stereocenters. The number of hydrogen-bond acceptors (Lipinski definition) is 8. The molecule has 1 aliphatic rings. The summed E-state index contributed by atoms with van der Waals surface area (Å²) in [6, 6.07) is 14.2. The second kappa shape index (κ2) is 10.3. The molecule has 0 saturated heterocycles. The van der Waals surface area contributed by atoms with Gasteiger partial charge in [0.2, 0.25) is 5.95 Å². The molecule has 0 aliphatic heterocycles. The highest BCUT2D eigenvalue weighted by atomic mass is 16.6. The number of anilines is 2. The quantitative estimate of drug-likeness (QED) is 0.393. The molecule has 34 heavy (non-hydrogen) atoms. The van der Waals surface area contributed by atoms with Crippen LogP contribution in [-0.2, 0) is 11.3 Å². The van der Waals surface area contributed by atoms with Gasteiger partial charge in [-0.05, 0) is 55.5 Å². The van der Waals surface area contributed by atoms with Gasteiger partial charge in [0.25, 0.3) is 5.69 Å². The molecule has 3 aromatic rings. The largest absolute Gasteiger partial charge is 0.445 e. The third-order valence-electron chi connectivity index (χ3n) is 5.91. The number of carbonyl (C=O) groups is 1. The number of amides is 1. The van der Waals surface area contributed by atoms with Gasteiger partial charge in [0, 0.05) is 43.7 Å². The lowest BCUT2D eigenvalue weighted by Crippen LogP contribution is -2.40. The van der Waals surface area contributed by atoms with Gasteiger partial charge in [-0.15, -0.1) is 0 Å². The molecule has 0 radical (unpaired) electrons. The maximum absolute atomic E-state index is 12.2. The molecular formula is C24H28N6O4. The van der Waals surface area contributed by atoms with Gasteiger partial charge in [-0.2, -0.15) is 4.98 Å². The number of nitro benzene ring substituents is 1. The highest BCUT2D eigenvalue weighted by Gasteiger charge is 2.24. The summed E-state index contributed by atoms with van der Waals surface area (Å²) in [6.07, 6.45) is 2.90. The molecule has 4 rings (SSSR count). The first kappa shape index (κ1) is 23.2. The van der Waals surface area contributed by atoms with Crippen molar-refractivity contribution in [3.05, 3.63) is 64.2 Å². The van der Waals surface area contributed by atoms with Gasteiger partial charge in [-0.3, -0.25) is 10.1 Å². The second-order valence-electron chi connectivity index (χ2n) is 8.62. The van der Waals surface area contributed by atoms with Crippen molar-refractivity contribution in [3.8, 4) is 0 Å². The summed E-state index contributed by atoms with van der Waals surface area (Å²) in [4.78, 5) is 33.8. The summed E-state index contributed by atoms with van der Waals surface area (Å²) >= 11 is 0. The van der Waals surface area contributed by atoms with E-state index in [1.54, 1.807) is 12.1 Å². The predicted octanol–water partition coefficient (Wildman–Crippen LogP) is 4.25. The van der Waals surface area contributed by atoms with E-state index in [2.05, 4.69) is 15.6 Å².